The van der Waals surface area contributed by atoms with Crippen molar-refractivity contribution in [3.63, 3.8) is 0 Å². The number of carbonyl (C=O) groups excluding carboxylic acids is 1. The minimum Gasteiger partial charge on any atom is -0.436 e. The average molecular weight is 425 g/mol. The molecule has 7 nitrogen and oxygen atoms in total. The predicted octanol–water partition coefficient (Wildman–Crippen LogP) is 4.23. The molecule has 5 rings (SSSR count). The Bertz CT molecular complexity index is 1340. The predicted molar refractivity (Wildman–Crippen MR) is 113 cm³/mol. The highest BCUT2D eigenvalue weighted by Crippen LogP contribution is 2.34. The van der Waals surface area contributed by atoms with E-state index >= 15 is 0 Å². The molecule has 0 atom stereocenters. The summed E-state index contributed by atoms with van der Waals surface area (Å²) < 4.78 is 21.6. The second kappa shape index (κ2) is 7.96. The van der Waals surface area contributed by atoms with Crippen molar-refractivity contribution < 1.29 is 13.9 Å². The number of nitriles is 1. The maximum absolute atomic E-state index is 14.2. The molecule has 0 saturated carbocycles. The van der Waals surface area contributed by atoms with Crippen LogP contribution in [-0.4, -0.2) is 25.6 Å². The number of rotatable bonds is 5. The van der Waals surface area contributed by atoms with Gasteiger partial charge in [-0.3, -0.25) is 4.79 Å². The van der Waals surface area contributed by atoms with Crippen LogP contribution in [0.15, 0.2) is 73.2 Å². The molecule has 1 amide bonds. The van der Waals surface area contributed by atoms with Crippen LogP contribution in [0.1, 0.15) is 27.0 Å². The third-order valence-electron chi connectivity index (χ3n) is 5.20. The van der Waals surface area contributed by atoms with Crippen LogP contribution in [0.2, 0.25) is 0 Å². The summed E-state index contributed by atoms with van der Waals surface area (Å²) in [6, 6.07) is 17.8. The van der Waals surface area contributed by atoms with Crippen molar-refractivity contribution >= 4 is 5.91 Å². The van der Waals surface area contributed by atoms with E-state index in [-0.39, 0.29) is 23.1 Å². The van der Waals surface area contributed by atoms with Gasteiger partial charge in [-0.15, -0.1) is 0 Å². The van der Waals surface area contributed by atoms with Crippen molar-refractivity contribution in [1.29, 1.82) is 5.26 Å². The van der Waals surface area contributed by atoms with Gasteiger partial charge in [0.1, 0.15) is 11.8 Å². The fourth-order valence-electron chi connectivity index (χ4n) is 3.66. The summed E-state index contributed by atoms with van der Waals surface area (Å²) in [6.45, 7) is 0.853. The van der Waals surface area contributed by atoms with Gasteiger partial charge in [-0.1, -0.05) is 24.3 Å². The first kappa shape index (κ1) is 19.5. The molecule has 1 aliphatic heterocycles. The van der Waals surface area contributed by atoms with E-state index < -0.39 is 5.82 Å². The highest BCUT2D eigenvalue weighted by Gasteiger charge is 2.31. The quantitative estimate of drug-likeness (QED) is 0.478. The Labute approximate surface area is 182 Å². The molecule has 8 heteroatoms. The summed E-state index contributed by atoms with van der Waals surface area (Å²) in [7, 11) is 0. The molecule has 0 saturated heterocycles. The van der Waals surface area contributed by atoms with Crippen molar-refractivity contribution in [2.75, 3.05) is 0 Å². The smallest absolute Gasteiger partial charge is 0.258 e. The van der Waals surface area contributed by atoms with E-state index in [0.29, 0.717) is 18.7 Å². The van der Waals surface area contributed by atoms with E-state index in [1.165, 1.54) is 6.20 Å². The molecule has 1 aliphatic rings. The van der Waals surface area contributed by atoms with E-state index in [0.717, 1.165) is 22.9 Å². The van der Waals surface area contributed by atoms with Crippen LogP contribution in [0.3, 0.4) is 0 Å². The first-order valence-electron chi connectivity index (χ1n) is 9.86. The second-order valence-electron chi connectivity index (χ2n) is 7.29. The van der Waals surface area contributed by atoms with Crippen molar-refractivity contribution in [1.82, 2.24) is 19.7 Å². The number of nitrogens with zero attached hydrogens (tertiary/aromatic N) is 5. The van der Waals surface area contributed by atoms with E-state index in [9.17, 15) is 9.18 Å². The maximum atomic E-state index is 14.2. The molecule has 0 unspecified atom stereocenters. The van der Waals surface area contributed by atoms with Crippen molar-refractivity contribution in [2.45, 2.75) is 13.1 Å². The first-order valence-corrected chi connectivity index (χ1v) is 9.86. The lowest BCUT2D eigenvalue weighted by Crippen LogP contribution is -2.23. The van der Waals surface area contributed by atoms with Crippen LogP contribution in [-0.2, 0) is 13.1 Å². The minimum absolute atomic E-state index is 0.0916. The van der Waals surface area contributed by atoms with Gasteiger partial charge in [0.25, 0.3) is 11.8 Å². The largest absolute Gasteiger partial charge is 0.436 e. The van der Waals surface area contributed by atoms with Crippen molar-refractivity contribution in [3.05, 3.63) is 101 Å². The van der Waals surface area contributed by atoms with E-state index in [2.05, 4.69) is 10.1 Å². The van der Waals surface area contributed by atoms with E-state index in [1.54, 1.807) is 27.9 Å². The van der Waals surface area contributed by atoms with Crippen LogP contribution in [0.5, 0.6) is 11.6 Å². The summed E-state index contributed by atoms with van der Waals surface area (Å²) in [5, 5.41) is 13.1. The number of fused-ring (bicyclic) bond motifs is 1. The summed E-state index contributed by atoms with van der Waals surface area (Å²) in [6.07, 6.45) is 4.80. The number of benzene rings is 2. The summed E-state index contributed by atoms with van der Waals surface area (Å²) >= 11 is 0. The summed E-state index contributed by atoms with van der Waals surface area (Å²) in [5.74, 6) is -1.000. The molecule has 0 aliphatic carbocycles. The molecular weight excluding hydrogens is 409 g/mol. The Balaban J connectivity index is 1.36. The second-order valence-corrected chi connectivity index (χ2v) is 7.29. The van der Waals surface area contributed by atoms with Gasteiger partial charge in [-0.2, -0.15) is 10.4 Å². The highest BCUT2D eigenvalue weighted by atomic mass is 19.1. The molecule has 0 bridgehead atoms. The molecule has 4 aromatic rings. The number of ether oxygens (including phenoxy) is 1. The topological polar surface area (TPSA) is 84.0 Å². The molecule has 0 N–H and O–H groups in total. The summed E-state index contributed by atoms with van der Waals surface area (Å²) in [4.78, 5) is 18.7. The molecule has 0 spiro atoms. The van der Waals surface area contributed by atoms with Crippen LogP contribution >= 0.6 is 0 Å². The van der Waals surface area contributed by atoms with Gasteiger partial charge in [0.2, 0.25) is 0 Å². The minimum atomic E-state index is -0.763. The Morgan fingerprint density at radius 2 is 2.00 bits per heavy atom. The third kappa shape index (κ3) is 3.56. The number of carbonyl (C=O) groups is 1. The van der Waals surface area contributed by atoms with Crippen molar-refractivity contribution in [3.8, 4) is 23.4 Å². The lowest BCUT2D eigenvalue weighted by Gasteiger charge is -2.16. The number of amides is 1. The zero-order valence-electron chi connectivity index (χ0n) is 16.8. The molecule has 2 aromatic carbocycles. The Hall–Kier alpha value is -4.51. The number of pyridine rings is 1. The van der Waals surface area contributed by atoms with Gasteiger partial charge in [-0.25, -0.2) is 14.1 Å². The van der Waals surface area contributed by atoms with E-state index in [4.69, 9.17) is 10.00 Å². The Morgan fingerprint density at radius 1 is 1.16 bits per heavy atom. The third-order valence-corrected chi connectivity index (χ3v) is 5.20. The van der Waals surface area contributed by atoms with E-state index in [1.807, 2.05) is 48.7 Å². The Kier molecular flexibility index (Phi) is 4.84. The SMILES string of the molecule is N#Cc1cnc(Oc2cccc3c2C(=O)N(Cc2ccc(-n4cccn4)cc2)C3)c(F)c1. The van der Waals surface area contributed by atoms with Gasteiger partial charge in [0.05, 0.1) is 16.8 Å². The normalized spacial score (nSPS) is 12.5. The monoisotopic (exact) mass is 425 g/mol. The van der Waals surface area contributed by atoms with Gasteiger partial charge in [0.15, 0.2) is 5.82 Å². The first-order chi connectivity index (χ1) is 15.6. The average Bonchev–Trinajstić information content (AvgIpc) is 3.45. The fraction of sp³-hybridized carbons (Fsp3) is 0.0833. The lowest BCUT2D eigenvalue weighted by molar-refractivity contribution is 0.0764. The standard InChI is InChI=1S/C24H16FN5O2/c25-20-11-17(12-26)13-27-23(20)32-21-4-1-3-18-15-29(24(31)22(18)21)14-16-5-7-19(8-6-16)30-10-2-9-28-30/h1-11,13H,14-15H2. The molecule has 3 heterocycles. The van der Waals surface area contributed by atoms with Crippen LogP contribution in [0.4, 0.5) is 4.39 Å². The zero-order chi connectivity index (χ0) is 22.1. The molecular formula is C24H16FN5O2. The molecule has 0 fully saturated rings. The highest BCUT2D eigenvalue weighted by molar-refractivity contribution is 6.01. The van der Waals surface area contributed by atoms with Gasteiger partial charge < -0.3 is 9.64 Å². The molecule has 0 radical (unpaired) electrons. The zero-order valence-corrected chi connectivity index (χ0v) is 16.8. The lowest BCUT2D eigenvalue weighted by atomic mass is 10.1. The molecule has 2 aromatic heterocycles. The fourth-order valence-corrected chi connectivity index (χ4v) is 3.66. The van der Waals surface area contributed by atoms with Gasteiger partial charge in [-0.05, 0) is 41.5 Å². The van der Waals surface area contributed by atoms with Crippen molar-refractivity contribution in [2.24, 2.45) is 0 Å². The van der Waals surface area contributed by atoms with Crippen LogP contribution in [0, 0.1) is 17.1 Å². The van der Waals surface area contributed by atoms with Gasteiger partial charge in [0, 0.05) is 31.7 Å². The van der Waals surface area contributed by atoms with Crippen LogP contribution < -0.4 is 4.74 Å². The molecule has 156 valence electrons. The summed E-state index contributed by atoms with van der Waals surface area (Å²) in [5.41, 5.74) is 3.20. The number of hydrogen-bond acceptors (Lipinski definition) is 5. The van der Waals surface area contributed by atoms with Gasteiger partial charge >= 0.3 is 0 Å². The molecule has 32 heavy (non-hydrogen) atoms. The Morgan fingerprint density at radius 3 is 2.72 bits per heavy atom. The number of hydrogen-bond donors (Lipinski definition) is 0. The number of aromatic nitrogens is 3. The number of halogens is 1. The maximum Gasteiger partial charge on any atom is 0.258 e. The van der Waals surface area contributed by atoms with Crippen LogP contribution in [0.25, 0.3) is 5.69 Å².